The van der Waals surface area contributed by atoms with Gasteiger partial charge in [-0.25, -0.2) is 0 Å². The van der Waals surface area contributed by atoms with E-state index in [2.05, 4.69) is 42.9 Å². The van der Waals surface area contributed by atoms with E-state index in [0.717, 1.165) is 16.8 Å². The van der Waals surface area contributed by atoms with Crippen molar-refractivity contribution in [3.8, 4) is 5.75 Å². The zero-order valence-corrected chi connectivity index (χ0v) is 13.4. The van der Waals surface area contributed by atoms with Crippen LogP contribution in [0.15, 0.2) is 22.7 Å². The van der Waals surface area contributed by atoms with E-state index in [1.807, 2.05) is 18.2 Å². The van der Waals surface area contributed by atoms with Crippen molar-refractivity contribution in [3.05, 3.63) is 27.7 Å². The van der Waals surface area contributed by atoms with E-state index in [9.17, 15) is 0 Å². The molecule has 0 atom stereocenters. The van der Waals surface area contributed by atoms with Gasteiger partial charge in [0.05, 0.1) is 20.4 Å². The highest BCUT2D eigenvalue weighted by Gasteiger charge is 2.24. The SMILES string of the molecule is C[Si](C)C(C)(C)COc1ccc(Cl)c(Br)c1. The summed E-state index contributed by atoms with van der Waals surface area (Å²) in [6.07, 6.45) is 0. The summed E-state index contributed by atoms with van der Waals surface area (Å²) in [6, 6.07) is 5.66. The topological polar surface area (TPSA) is 9.23 Å². The maximum absolute atomic E-state index is 5.92. The maximum Gasteiger partial charge on any atom is 0.120 e. The molecule has 1 nitrogen and oxygen atoms in total. The van der Waals surface area contributed by atoms with Gasteiger partial charge < -0.3 is 4.74 Å². The predicted molar refractivity (Wildman–Crippen MR) is 76.2 cm³/mol. The van der Waals surface area contributed by atoms with E-state index in [1.165, 1.54) is 0 Å². The molecule has 89 valence electrons. The lowest BCUT2D eigenvalue weighted by Crippen LogP contribution is -2.27. The standard InChI is InChI=1S/C12H17BrClOSi/c1-12(2,16(3)4)8-15-9-5-6-11(14)10(13)7-9/h5-7H,8H2,1-4H3. The summed E-state index contributed by atoms with van der Waals surface area (Å²) in [6.45, 7) is 9.89. The van der Waals surface area contributed by atoms with Crippen molar-refractivity contribution in [3.63, 3.8) is 0 Å². The fourth-order valence-electron chi connectivity index (χ4n) is 0.975. The lowest BCUT2D eigenvalue weighted by molar-refractivity contribution is 0.276. The van der Waals surface area contributed by atoms with Gasteiger partial charge in [-0.1, -0.05) is 38.5 Å². The second-order valence-corrected chi connectivity index (χ2v) is 9.36. The van der Waals surface area contributed by atoms with Crippen molar-refractivity contribution in [2.75, 3.05) is 6.61 Å². The van der Waals surface area contributed by atoms with Crippen LogP contribution in [-0.4, -0.2) is 15.4 Å². The number of hydrogen-bond donors (Lipinski definition) is 0. The average Bonchev–Trinajstić information content (AvgIpc) is 2.20. The van der Waals surface area contributed by atoms with Gasteiger partial charge in [-0.15, -0.1) is 0 Å². The third-order valence-corrected chi connectivity index (χ3v) is 6.91. The molecule has 16 heavy (non-hydrogen) atoms. The summed E-state index contributed by atoms with van der Waals surface area (Å²) in [5.41, 5.74) is 0. The Balaban J connectivity index is 2.65. The second-order valence-electron chi connectivity index (χ2n) is 4.75. The van der Waals surface area contributed by atoms with Crippen LogP contribution >= 0.6 is 27.5 Å². The van der Waals surface area contributed by atoms with Crippen molar-refractivity contribution < 1.29 is 4.74 Å². The van der Waals surface area contributed by atoms with Crippen LogP contribution in [0.2, 0.25) is 23.2 Å². The monoisotopic (exact) mass is 319 g/mol. The molecule has 0 aliphatic heterocycles. The molecule has 0 aliphatic carbocycles. The maximum atomic E-state index is 5.92. The van der Waals surface area contributed by atoms with E-state index in [4.69, 9.17) is 16.3 Å². The van der Waals surface area contributed by atoms with Crippen LogP contribution in [0.25, 0.3) is 0 Å². The summed E-state index contributed by atoms with van der Waals surface area (Å²) in [5.74, 6) is 0.868. The van der Waals surface area contributed by atoms with E-state index in [0.29, 0.717) is 5.02 Å². The van der Waals surface area contributed by atoms with E-state index < -0.39 is 0 Å². The van der Waals surface area contributed by atoms with Crippen molar-refractivity contribution >= 4 is 36.3 Å². The number of hydrogen-bond acceptors (Lipinski definition) is 1. The van der Waals surface area contributed by atoms with Crippen LogP contribution in [0.3, 0.4) is 0 Å². The summed E-state index contributed by atoms with van der Waals surface area (Å²) in [7, 11) is -0.361. The molecular weight excluding hydrogens is 304 g/mol. The molecule has 0 fully saturated rings. The Bertz CT molecular complexity index is 366. The summed E-state index contributed by atoms with van der Waals surface area (Å²) in [5, 5.41) is 0.985. The minimum atomic E-state index is -0.361. The Hall–Kier alpha value is 0.00688. The molecule has 0 spiro atoms. The molecule has 0 saturated heterocycles. The van der Waals surface area contributed by atoms with Gasteiger partial charge in [0.25, 0.3) is 0 Å². The van der Waals surface area contributed by atoms with Gasteiger partial charge in [0, 0.05) is 4.47 Å². The van der Waals surface area contributed by atoms with Gasteiger partial charge in [-0.05, 0) is 39.2 Å². The molecular formula is C12H17BrClOSi. The average molecular weight is 321 g/mol. The fraction of sp³-hybridized carbons (Fsp3) is 0.500. The molecule has 0 bridgehead atoms. The zero-order valence-electron chi connectivity index (χ0n) is 10.1. The van der Waals surface area contributed by atoms with Crippen LogP contribution in [-0.2, 0) is 0 Å². The Morgan fingerprint density at radius 1 is 1.38 bits per heavy atom. The first-order chi connectivity index (χ1) is 7.33. The molecule has 4 heteroatoms. The minimum Gasteiger partial charge on any atom is -0.493 e. The Morgan fingerprint density at radius 2 is 2.00 bits per heavy atom. The number of ether oxygens (including phenoxy) is 1. The third kappa shape index (κ3) is 3.79. The van der Waals surface area contributed by atoms with Gasteiger partial charge in [0.15, 0.2) is 0 Å². The first-order valence-corrected chi connectivity index (χ1v) is 8.88. The highest BCUT2D eigenvalue weighted by molar-refractivity contribution is 9.10. The number of halogens is 2. The van der Waals surface area contributed by atoms with Crippen molar-refractivity contribution in [2.45, 2.75) is 32.0 Å². The Morgan fingerprint density at radius 3 is 2.50 bits per heavy atom. The van der Waals surface area contributed by atoms with Gasteiger partial charge >= 0.3 is 0 Å². The number of rotatable bonds is 4. The molecule has 0 N–H and O–H groups in total. The molecule has 1 aromatic rings. The molecule has 1 aromatic carbocycles. The van der Waals surface area contributed by atoms with Crippen LogP contribution in [0.1, 0.15) is 13.8 Å². The lowest BCUT2D eigenvalue weighted by Gasteiger charge is -2.27. The first-order valence-electron chi connectivity index (χ1n) is 5.21. The van der Waals surface area contributed by atoms with E-state index in [-0.39, 0.29) is 13.8 Å². The fourth-order valence-corrected chi connectivity index (χ4v) is 1.81. The van der Waals surface area contributed by atoms with Crippen molar-refractivity contribution in [1.82, 2.24) is 0 Å². The molecule has 0 unspecified atom stereocenters. The molecule has 0 aromatic heterocycles. The van der Waals surface area contributed by atoms with E-state index >= 15 is 0 Å². The summed E-state index contributed by atoms with van der Waals surface area (Å²) in [4.78, 5) is 0. The zero-order chi connectivity index (χ0) is 12.3. The Kier molecular flexibility index (Phi) is 4.89. The van der Waals surface area contributed by atoms with Crippen LogP contribution in [0.5, 0.6) is 5.75 Å². The van der Waals surface area contributed by atoms with Gasteiger partial charge in [-0.3, -0.25) is 0 Å². The van der Waals surface area contributed by atoms with E-state index in [1.54, 1.807) is 0 Å². The van der Waals surface area contributed by atoms with Gasteiger partial charge in [0.2, 0.25) is 0 Å². The molecule has 0 aliphatic rings. The smallest absolute Gasteiger partial charge is 0.120 e. The normalized spacial score (nSPS) is 11.9. The lowest BCUT2D eigenvalue weighted by atomic mass is 10.2. The van der Waals surface area contributed by atoms with Crippen LogP contribution in [0, 0.1) is 0 Å². The minimum absolute atomic E-state index is 0.275. The van der Waals surface area contributed by atoms with Crippen LogP contribution < -0.4 is 4.74 Å². The van der Waals surface area contributed by atoms with Crippen molar-refractivity contribution in [1.29, 1.82) is 0 Å². The Labute approximate surface area is 113 Å². The van der Waals surface area contributed by atoms with Crippen molar-refractivity contribution in [2.24, 2.45) is 0 Å². The third-order valence-electron chi connectivity index (χ3n) is 2.84. The molecule has 0 saturated carbocycles. The highest BCUT2D eigenvalue weighted by Crippen LogP contribution is 2.31. The highest BCUT2D eigenvalue weighted by atomic mass is 79.9. The van der Waals surface area contributed by atoms with Gasteiger partial charge in [0.1, 0.15) is 5.75 Å². The molecule has 0 amide bonds. The molecule has 1 rings (SSSR count). The first kappa shape index (κ1) is 14.1. The van der Waals surface area contributed by atoms with Crippen LogP contribution in [0.4, 0.5) is 0 Å². The largest absolute Gasteiger partial charge is 0.493 e. The second kappa shape index (κ2) is 5.56. The van der Waals surface area contributed by atoms with Gasteiger partial charge in [-0.2, -0.15) is 0 Å². The number of benzene rings is 1. The quantitative estimate of drug-likeness (QED) is 0.708. The summed E-state index contributed by atoms with van der Waals surface area (Å²) < 4.78 is 6.68. The summed E-state index contributed by atoms with van der Waals surface area (Å²) >= 11 is 9.31. The predicted octanol–water partition coefficient (Wildman–Crippen LogP) is 5.02. The molecule has 0 heterocycles. The molecule has 1 radical (unpaired) electrons.